The summed E-state index contributed by atoms with van der Waals surface area (Å²) in [4.78, 5) is 4.58. The van der Waals surface area contributed by atoms with Gasteiger partial charge >= 0.3 is 0 Å². The second-order valence-corrected chi connectivity index (χ2v) is 8.55. The summed E-state index contributed by atoms with van der Waals surface area (Å²) in [5.74, 6) is 0.302. The number of fused-ring (bicyclic) bond motifs is 1. The van der Waals surface area contributed by atoms with Crippen molar-refractivity contribution in [1.29, 1.82) is 0 Å². The Hall–Kier alpha value is -2.34. The Balaban J connectivity index is 1.94. The molecule has 5 nitrogen and oxygen atoms in total. The number of nitrogens with zero attached hydrogens (tertiary/aromatic N) is 2. The maximum Gasteiger partial charge on any atom is 0.264 e. The Bertz CT molecular complexity index is 981. The number of hydrogen-bond acceptors (Lipinski definition) is 3. The smallest absolute Gasteiger partial charge is 0.264 e. The van der Waals surface area contributed by atoms with Crippen molar-refractivity contribution < 1.29 is 8.42 Å². The summed E-state index contributed by atoms with van der Waals surface area (Å²) >= 11 is 0. The number of rotatable bonds is 3. The minimum atomic E-state index is -3.68. The molecule has 0 bridgehead atoms. The van der Waals surface area contributed by atoms with E-state index < -0.39 is 10.0 Å². The van der Waals surface area contributed by atoms with Crippen molar-refractivity contribution in [2.24, 2.45) is 7.05 Å². The van der Waals surface area contributed by atoms with Gasteiger partial charge in [-0.15, -0.1) is 0 Å². The fourth-order valence-electron chi connectivity index (χ4n) is 2.55. The summed E-state index contributed by atoms with van der Waals surface area (Å²) in [5.41, 5.74) is 2.69. The van der Waals surface area contributed by atoms with Gasteiger partial charge in [0.05, 0.1) is 15.9 Å². The number of aromatic nitrogens is 2. The molecule has 0 amide bonds. The molecule has 2 aromatic carbocycles. The highest BCUT2D eigenvalue weighted by atomic mass is 32.2. The van der Waals surface area contributed by atoms with Crippen molar-refractivity contribution in [2.45, 2.75) is 31.1 Å². The monoisotopic (exact) mass is 343 g/mol. The number of anilines is 1. The van der Waals surface area contributed by atoms with E-state index in [0.717, 1.165) is 16.6 Å². The topological polar surface area (TPSA) is 64.0 Å². The van der Waals surface area contributed by atoms with E-state index in [1.54, 1.807) is 23.7 Å². The molecule has 3 aromatic rings. The molecule has 0 aliphatic heterocycles. The molecule has 0 saturated heterocycles. The Morgan fingerprint density at radius 2 is 1.62 bits per heavy atom. The van der Waals surface area contributed by atoms with Crippen LogP contribution < -0.4 is 4.72 Å². The third kappa shape index (κ3) is 3.01. The van der Waals surface area contributed by atoms with Gasteiger partial charge in [-0.05, 0) is 35.2 Å². The Kier molecular flexibility index (Phi) is 3.87. The molecular formula is C18H21N3O2S. The average Bonchev–Trinajstić information content (AvgIpc) is 2.83. The predicted molar refractivity (Wildman–Crippen MR) is 96.7 cm³/mol. The van der Waals surface area contributed by atoms with E-state index >= 15 is 0 Å². The Morgan fingerprint density at radius 1 is 1.00 bits per heavy atom. The van der Waals surface area contributed by atoms with E-state index in [1.165, 1.54) is 0 Å². The van der Waals surface area contributed by atoms with Crippen LogP contribution in [0.1, 0.15) is 26.3 Å². The number of hydrogen-bond donors (Lipinski definition) is 1. The maximum atomic E-state index is 12.6. The lowest BCUT2D eigenvalue weighted by Crippen LogP contribution is -2.16. The molecule has 0 atom stereocenters. The maximum absolute atomic E-state index is 12.6. The predicted octanol–water partition coefficient (Wildman–Crippen LogP) is 3.67. The van der Waals surface area contributed by atoms with Crippen LogP contribution in [0, 0.1) is 0 Å². The fraction of sp³-hybridized carbons (Fsp3) is 0.278. The Morgan fingerprint density at radius 3 is 2.21 bits per heavy atom. The van der Waals surface area contributed by atoms with Crippen molar-refractivity contribution in [2.75, 3.05) is 4.72 Å². The summed E-state index contributed by atoms with van der Waals surface area (Å²) < 4.78 is 29.6. The van der Waals surface area contributed by atoms with Crippen molar-refractivity contribution in [3.8, 4) is 0 Å². The zero-order valence-corrected chi connectivity index (χ0v) is 15.1. The highest BCUT2D eigenvalue weighted by Gasteiger charge is 2.20. The van der Waals surface area contributed by atoms with Gasteiger partial charge in [-0.3, -0.25) is 0 Å². The Labute approximate surface area is 142 Å². The van der Waals surface area contributed by atoms with Crippen LogP contribution in [0.4, 0.5) is 5.95 Å². The molecule has 0 fully saturated rings. The second kappa shape index (κ2) is 5.63. The molecule has 1 aromatic heterocycles. The lowest BCUT2D eigenvalue weighted by Gasteiger charge is -2.19. The van der Waals surface area contributed by atoms with Crippen LogP contribution in [0.2, 0.25) is 0 Å². The van der Waals surface area contributed by atoms with Gasteiger partial charge in [-0.25, -0.2) is 18.1 Å². The molecule has 6 heteroatoms. The van der Waals surface area contributed by atoms with Crippen LogP contribution in [0.15, 0.2) is 53.4 Å². The van der Waals surface area contributed by atoms with Crippen molar-refractivity contribution in [3.63, 3.8) is 0 Å². The molecular weight excluding hydrogens is 322 g/mol. The zero-order chi connectivity index (χ0) is 17.5. The molecule has 24 heavy (non-hydrogen) atoms. The van der Waals surface area contributed by atoms with Gasteiger partial charge in [0.2, 0.25) is 5.95 Å². The first-order valence-corrected chi connectivity index (χ1v) is 9.22. The van der Waals surface area contributed by atoms with Gasteiger partial charge in [0.15, 0.2) is 0 Å². The number of nitrogens with one attached hydrogen (secondary N) is 1. The average molecular weight is 343 g/mol. The molecule has 0 aliphatic rings. The molecule has 0 radical (unpaired) electrons. The first kappa shape index (κ1) is 16.5. The summed E-state index contributed by atoms with van der Waals surface area (Å²) in [6, 6.07) is 14.5. The van der Waals surface area contributed by atoms with Crippen molar-refractivity contribution >= 4 is 27.0 Å². The first-order chi connectivity index (χ1) is 11.2. The van der Waals surface area contributed by atoms with Crippen LogP contribution in [0.5, 0.6) is 0 Å². The summed E-state index contributed by atoms with van der Waals surface area (Å²) in [7, 11) is -1.89. The van der Waals surface area contributed by atoms with E-state index in [1.807, 2.05) is 36.4 Å². The van der Waals surface area contributed by atoms with E-state index in [-0.39, 0.29) is 10.3 Å². The van der Waals surface area contributed by atoms with Crippen LogP contribution in [-0.2, 0) is 22.5 Å². The van der Waals surface area contributed by atoms with E-state index in [0.29, 0.717) is 5.95 Å². The molecule has 1 heterocycles. The van der Waals surface area contributed by atoms with E-state index in [2.05, 4.69) is 30.5 Å². The lowest BCUT2D eigenvalue weighted by atomic mass is 9.87. The largest absolute Gasteiger partial charge is 0.313 e. The molecule has 1 N–H and O–H groups in total. The second-order valence-electron chi connectivity index (χ2n) is 6.86. The first-order valence-electron chi connectivity index (χ1n) is 7.73. The number of aryl methyl sites for hydroxylation is 1. The molecule has 0 spiro atoms. The van der Waals surface area contributed by atoms with Crippen LogP contribution >= 0.6 is 0 Å². The summed E-state index contributed by atoms with van der Waals surface area (Å²) in [6.45, 7) is 6.27. The zero-order valence-electron chi connectivity index (χ0n) is 14.2. The van der Waals surface area contributed by atoms with Gasteiger partial charge < -0.3 is 4.57 Å². The van der Waals surface area contributed by atoms with Crippen LogP contribution in [0.3, 0.4) is 0 Å². The number of sulfonamides is 1. The fourth-order valence-corrected chi connectivity index (χ4v) is 3.59. The minimum absolute atomic E-state index is 0.0207. The van der Waals surface area contributed by atoms with Gasteiger partial charge in [-0.1, -0.05) is 45.0 Å². The highest BCUT2D eigenvalue weighted by molar-refractivity contribution is 7.92. The van der Waals surface area contributed by atoms with Gasteiger partial charge in [0.25, 0.3) is 10.0 Å². The van der Waals surface area contributed by atoms with Crippen molar-refractivity contribution in [1.82, 2.24) is 9.55 Å². The summed E-state index contributed by atoms with van der Waals surface area (Å²) in [6.07, 6.45) is 0. The van der Waals surface area contributed by atoms with Crippen LogP contribution in [0.25, 0.3) is 11.0 Å². The standard InChI is InChI=1S/C18H21N3O2S/c1-18(2,3)13-9-11-14(12-10-13)24(22,23)20-17-19-15-7-5-6-8-16(15)21(17)4/h5-12H,1-4H3,(H,19,20). The molecule has 3 rings (SSSR count). The third-order valence-electron chi connectivity index (χ3n) is 4.04. The molecule has 126 valence electrons. The summed E-state index contributed by atoms with van der Waals surface area (Å²) in [5, 5.41) is 0. The van der Waals surface area contributed by atoms with Crippen molar-refractivity contribution in [3.05, 3.63) is 54.1 Å². The van der Waals surface area contributed by atoms with Gasteiger partial charge in [0.1, 0.15) is 0 Å². The molecule has 0 aliphatic carbocycles. The van der Waals surface area contributed by atoms with E-state index in [9.17, 15) is 8.42 Å². The quantitative estimate of drug-likeness (QED) is 0.789. The lowest BCUT2D eigenvalue weighted by molar-refractivity contribution is 0.587. The highest BCUT2D eigenvalue weighted by Crippen LogP contribution is 2.25. The van der Waals surface area contributed by atoms with Gasteiger partial charge in [-0.2, -0.15) is 0 Å². The molecule has 0 saturated carbocycles. The third-order valence-corrected chi connectivity index (χ3v) is 5.39. The normalized spacial score (nSPS) is 12.5. The number of benzene rings is 2. The van der Waals surface area contributed by atoms with Crippen LogP contribution in [-0.4, -0.2) is 18.0 Å². The van der Waals surface area contributed by atoms with Gasteiger partial charge in [0, 0.05) is 7.05 Å². The minimum Gasteiger partial charge on any atom is -0.313 e. The molecule has 0 unspecified atom stereocenters. The number of para-hydroxylation sites is 2. The van der Waals surface area contributed by atoms with E-state index in [4.69, 9.17) is 0 Å². The number of imidazole rings is 1. The SMILES string of the molecule is Cn1c(NS(=O)(=O)c2ccc(C(C)(C)C)cc2)nc2ccccc21.